The van der Waals surface area contributed by atoms with Crippen LogP contribution in [0.4, 0.5) is 10.3 Å². The fourth-order valence-corrected chi connectivity index (χ4v) is 6.09. The number of aromatic nitrogens is 2. The summed E-state index contributed by atoms with van der Waals surface area (Å²) in [7, 11) is 0. The number of piperazine rings is 1. The summed E-state index contributed by atoms with van der Waals surface area (Å²) in [5.74, 6) is 0. The largest absolute Gasteiger partial charge is 0.345 e. The molecule has 1 fully saturated rings. The van der Waals surface area contributed by atoms with Gasteiger partial charge in [0.15, 0.2) is 10.3 Å². The third kappa shape index (κ3) is 3.28. The first-order valence-corrected chi connectivity index (χ1v) is 11.9. The summed E-state index contributed by atoms with van der Waals surface area (Å²) in [6.45, 7) is 6.10. The van der Waals surface area contributed by atoms with E-state index in [-0.39, 0.29) is 0 Å². The van der Waals surface area contributed by atoms with Crippen molar-refractivity contribution in [2.45, 2.75) is 11.8 Å². The predicted molar refractivity (Wildman–Crippen MR) is 120 cm³/mol. The standard InChI is InChI=1S/C20H20N4S3/c1-13-3-5-15-17(11-13)26-19(21-15)23-7-9-24(10-8-23)20-22-16-6-4-14(25-2)12-18(16)27-20/h3-6,11-12H,7-10H2,1-2H3. The van der Waals surface area contributed by atoms with E-state index < -0.39 is 0 Å². The predicted octanol–water partition coefficient (Wildman–Crippen LogP) is 5.26. The molecule has 138 valence electrons. The second kappa shape index (κ2) is 6.96. The van der Waals surface area contributed by atoms with E-state index in [0.29, 0.717) is 0 Å². The van der Waals surface area contributed by atoms with Crippen molar-refractivity contribution in [1.29, 1.82) is 0 Å². The van der Waals surface area contributed by atoms with Crippen molar-refractivity contribution in [2.24, 2.45) is 0 Å². The molecule has 0 spiro atoms. The van der Waals surface area contributed by atoms with Crippen LogP contribution in [0.2, 0.25) is 0 Å². The molecule has 0 atom stereocenters. The maximum absolute atomic E-state index is 4.86. The summed E-state index contributed by atoms with van der Waals surface area (Å²) in [6, 6.07) is 13.0. The zero-order valence-corrected chi connectivity index (χ0v) is 17.8. The maximum Gasteiger partial charge on any atom is 0.186 e. The van der Waals surface area contributed by atoms with Crippen molar-refractivity contribution in [3.8, 4) is 0 Å². The van der Waals surface area contributed by atoms with Crippen LogP contribution in [0, 0.1) is 6.92 Å². The Morgan fingerprint density at radius 3 is 1.96 bits per heavy atom. The van der Waals surface area contributed by atoms with Gasteiger partial charge in [-0.05, 0) is 49.1 Å². The number of aryl methyl sites for hydroxylation is 1. The van der Waals surface area contributed by atoms with Crippen molar-refractivity contribution in [3.63, 3.8) is 0 Å². The van der Waals surface area contributed by atoms with Gasteiger partial charge in [-0.3, -0.25) is 0 Å². The quantitative estimate of drug-likeness (QED) is 0.428. The van der Waals surface area contributed by atoms with E-state index >= 15 is 0 Å². The molecule has 1 aliphatic rings. The maximum atomic E-state index is 4.86. The molecule has 0 saturated carbocycles. The van der Waals surface area contributed by atoms with Crippen molar-refractivity contribution in [3.05, 3.63) is 42.0 Å². The van der Waals surface area contributed by atoms with E-state index in [1.165, 1.54) is 19.9 Å². The Morgan fingerprint density at radius 2 is 1.37 bits per heavy atom. The van der Waals surface area contributed by atoms with Crippen LogP contribution < -0.4 is 9.80 Å². The molecular weight excluding hydrogens is 392 g/mol. The van der Waals surface area contributed by atoms with Crippen LogP contribution >= 0.6 is 34.4 Å². The number of benzene rings is 2. The summed E-state index contributed by atoms with van der Waals surface area (Å²) in [5, 5.41) is 2.28. The van der Waals surface area contributed by atoms with Gasteiger partial charge < -0.3 is 9.80 Å². The van der Waals surface area contributed by atoms with Crippen molar-refractivity contribution >= 4 is 65.1 Å². The Hall–Kier alpha value is -1.83. The molecule has 0 N–H and O–H groups in total. The van der Waals surface area contributed by atoms with Gasteiger partial charge in [0.25, 0.3) is 0 Å². The van der Waals surface area contributed by atoms with Crippen LogP contribution in [0.15, 0.2) is 41.3 Å². The molecular formula is C20H20N4S3. The minimum atomic E-state index is 0.990. The molecule has 4 nitrogen and oxygen atoms in total. The molecule has 1 aliphatic heterocycles. The Morgan fingerprint density at radius 1 is 0.815 bits per heavy atom. The number of thiazole rings is 2. The molecule has 0 unspecified atom stereocenters. The monoisotopic (exact) mass is 412 g/mol. The lowest BCUT2D eigenvalue weighted by atomic mass is 10.2. The van der Waals surface area contributed by atoms with Crippen LogP contribution in [0.5, 0.6) is 0 Å². The number of hydrogen-bond donors (Lipinski definition) is 0. The minimum Gasteiger partial charge on any atom is -0.345 e. The SMILES string of the molecule is CSc1ccc2nc(N3CCN(c4nc5ccc(C)cc5s4)CC3)sc2c1. The Labute approximate surface area is 170 Å². The lowest BCUT2D eigenvalue weighted by Gasteiger charge is -2.34. The summed E-state index contributed by atoms with van der Waals surface area (Å²) in [6.07, 6.45) is 2.12. The van der Waals surface area contributed by atoms with Gasteiger partial charge in [0.1, 0.15) is 0 Å². The second-order valence-corrected chi connectivity index (χ2v) is 9.67. The average molecular weight is 413 g/mol. The van der Waals surface area contributed by atoms with Crippen LogP contribution in [0.1, 0.15) is 5.56 Å². The van der Waals surface area contributed by atoms with Crippen molar-refractivity contribution in [1.82, 2.24) is 9.97 Å². The van der Waals surface area contributed by atoms with Gasteiger partial charge in [-0.25, -0.2) is 9.97 Å². The van der Waals surface area contributed by atoms with Gasteiger partial charge in [0.05, 0.1) is 20.4 Å². The van der Waals surface area contributed by atoms with Crippen LogP contribution in [0.3, 0.4) is 0 Å². The molecule has 2 aromatic heterocycles. The number of thioether (sulfide) groups is 1. The van der Waals surface area contributed by atoms with E-state index in [9.17, 15) is 0 Å². The third-order valence-corrected chi connectivity index (χ3v) is 7.82. The molecule has 5 rings (SSSR count). The topological polar surface area (TPSA) is 32.3 Å². The first-order valence-electron chi connectivity index (χ1n) is 9.01. The molecule has 4 aromatic rings. The molecule has 27 heavy (non-hydrogen) atoms. The van der Waals surface area contributed by atoms with E-state index in [1.807, 2.05) is 0 Å². The highest BCUT2D eigenvalue weighted by Gasteiger charge is 2.22. The summed E-state index contributed by atoms with van der Waals surface area (Å²) in [5.41, 5.74) is 3.51. The van der Waals surface area contributed by atoms with Gasteiger partial charge >= 0.3 is 0 Å². The van der Waals surface area contributed by atoms with Gasteiger partial charge in [0.2, 0.25) is 0 Å². The molecule has 3 heterocycles. The van der Waals surface area contributed by atoms with E-state index in [0.717, 1.165) is 47.5 Å². The number of hydrogen-bond acceptors (Lipinski definition) is 7. The molecule has 0 aliphatic carbocycles. The van der Waals surface area contributed by atoms with Crippen LogP contribution in [-0.4, -0.2) is 42.4 Å². The van der Waals surface area contributed by atoms with Gasteiger partial charge in [0, 0.05) is 31.1 Å². The van der Waals surface area contributed by atoms with Crippen LogP contribution in [-0.2, 0) is 0 Å². The Balaban J connectivity index is 1.33. The summed E-state index contributed by atoms with van der Waals surface area (Å²) >= 11 is 5.39. The molecule has 0 amide bonds. The number of fused-ring (bicyclic) bond motifs is 2. The smallest absolute Gasteiger partial charge is 0.186 e. The Kier molecular flexibility index (Phi) is 4.46. The fourth-order valence-electron chi connectivity index (χ4n) is 3.40. The van der Waals surface area contributed by atoms with Gasteiger partial charge in [-0.2, -0.15) is 0 Å². The number of anilines is 2. The van der Waals surface area contributed by atoms with E-state index in [2.05, 4.69) is 59.4 Å². The fraction of sp³-hybridized carbons (Fsp3) is 0.300. The lowest BCUT2D eigenvalue weighted by Crippen LogP contribution is -2.46. The first kappa shape index (κ1) is 17.3. The van der Waals surface area contributed by atoms with Crippen molar-refractivity contribution < 1.29 is 0 Å². The number of rotatable bonds is 3. The highest BCUT2D eigenvalue weighted by molar-refractivity contribution is 7.98. The zero-order valence-electron chi connectivity index (χ0n) is 15.3. The Bertz CT molecular complexity index is 1110. The summed E-state index contributed by atoms with van der Waals surface area (Å²) < 4.78 is 2.56. The molecule has 1 saturated heterocycles. The van der Waals surface area contributed by atoms with Crippen molar-refractivity contribution in [2.75, 3.05) is 42.2 Å². The molecule has 2 aromatic carbocycles. The third-order valence-electron chi connectivity index (χ3n) is 4.94. The average Bonchev–Trinajstić information content (AvgIpc) is 3.31. The molecule has 0 radical (unpaired) electrons. The summed E-state index contributed by atoms with van der Waals surface area (Å²) in [4.78, 5) is 15.8. The van der Waals surface area contributed by atoms with E-state index in [1.54, 1.807) is 34.4 Å². The van der Waals surface area contributed by atoms with Gasteiger partial charge in [-0.1, -0.05) is 28.7 Å². The van der Waals surface area contributed by atoms with Gasteiger partial charge in [-0.15, -0.1) is 11.8 Å². The van der Waals surface area contributed by atoms with Crippen LogP contribution in [0.25, 0.3) is 20.4 Å². The second-order valence-electron chi connectivity index (χ2n) is 6.77. The zero-order chi connectivity index (χ0) is 18.4. The lowest BCUT2D eigenvalue weighted by molar-refractivity contribution is 0.651. The highest BCUT2D eigenvalue weighted by Crippen LogP contribution is 2.34. The first-order chi connectivity index (χ1) is 13.2. The normalized spacial score (nSPS) is 15.2. The molecule has 0 bridgehead atoms. The highest BCUT2D eigenvalue weighted by atomic mass is 32.2. The molecule has 7 heteroatoms. The number of nitrogens with zero attached hydrogens (tertiary/aromatic N) is 4. The minimum absolute atomic E-state index is 0.990. The van der Waals surface area contributed by atoms with E-state index in [4.69, 9.17) is 9.97 Å².